The Morgan fingerprint density at radius 2 is 1.72 bits per heavy atom. The molecule has 1 aliphatic heterocycles. The minimum Gasteiger partial charge on any atom is -0.487 e. The van der Waals surface area contributed by atoms with Crippen molar-refractivity contribution < 1.29 is 22.6 Å². The van der Waals surface area contributed by atoms with E-state index in [0.29, 0.717) is 17.9 Å². The van der Waals surface area contributed by atoms with Gasteiger partial charge in [0, 0.05) is 17.5 Å². The molecule has 0 N–H and O–H groups in total. The van der Waals surface area contributed by atoms with Crippen LogP contribution in [0.5, 0.6) is 11.5 Å². The number of alkyl halides is 3. The zero-order chi connectivity index (χ0) is 20.7. The summed E-state index contributed by atoms with van der Waals surface area (Å²) in [5.41, 5.74) is 0.737. The average molecular weight is 430 g/mol. The van der Waals surface area contributed by atoms with Gasteiger partial charge in [-0.2, -0.15) is 13.2 Å². The van der Waals surface area contributed by atoms with Crippen LogP contribution in [0.3, 0.4) is 0 Å². The van der Waals surface area contributed by atoms with E-state index in [1.807, 2.05) is 58.0 Å². The third kappa shape index (κ3) is 5.37. The molecule has 160 valence electrons. The Labute approximate surface area is 176 Å². The number of benzene rings is 2. The smallest absolute Gasteiger partial charge is 0.416 e. The second kappa shape index (κ2) is 8.44. The highest BCUT2D eigenvalue weighted by molar-refractivity contribution is 5.85. The summed E-state index contributed by atoms with van der Waals surface area (Å²) in [4.78, 5) is 1.95. The highest BCUT2D eigenvalue weighted by atomic mass is 35.5. The lowest BCUT2D eigenvalue weighted by Gasteiger charge is -2.38. The molecule has 0 spiro atoms. The molecule has 0 aromatic heterocycles. The number of hydrogen-bond acceptors (Lipinski definition) is 3. The third-order valence-corrected chi connectivity index (χ3v) is 5.12. The first-order valence-corrected chi connectivity index (χ1v) is 9.29. The van der Waals surface area contributed by atoms with Crippen LogP contribution in [-0.2, 0) is 6.18 Å². The number of fused-ring (bicyclic) bond motifs is 1. The van der Waals surface area contributed by atoms with Crippen molar-refractivity contribution >= 4 is 12.4 Å². The summed E-state index contributed by atoms with van der Waals surface area (Å²) in [6.45, 7) is 5.93. The van der Waals surface area contributed by atoms with E-state index in [1.54, 1.807) is 12.1 Å². The first-order chi connectivity index (χ1) is 13.0. The molecule has 0 radical (unpaired) electrons. The van der Waals surface area contributed by atoms with Crippen LogP contribution in [0.1, 0.15) is 49.8 Å². The molecule has 0 bridgehead atoms. The van der Waals surface area contributed by atoms with Gasteiger partial charge in [-0.3, -0.25) is 4.90 Å². The second-order valence-corrected chi connectivity index (χ2v) is 8.12. The van der Waals surface area contributed by atoms with Gasteiger partial charge in [0.1, 0.15) is 23.3 Å². The van der Waals surface area contributed by atoms with E-state index in [-0.39, 0.29) is 24.6 Å². The molecule has 0 saturated heterocycles. The van der Waals surface area contributed by atoms with Gasteiger partial charge in [-0.25, -0.2) is 0 Å². The van der Waals surface area contributed by atoms with Crippen LogP contribution < -0.4 is 9.47 Å². The van der Waals surface area contributed by atoms with Crippen molar-refractivity contribution in [2.75, 3.05) is 14.1 Å². The molecule has 2 aromatic rings. The normalized spacial score (nSPS) is 19.0. The number of rotatable bonds is 4. The van der Waals surface area contributed by atoms with Crippen LogP contribution in [-0.4, -0.2) is 30.8 Å². The summed E-state index contributed by atoms with van der Waals surface area (Å²) in [5.74, 6) is 1.37. The standard InChI is InChI=1S/C22H26F3NO2.ClH/c1-14(26(4)5)27-17-10-11-18-19(13-21(2,3)28-20(18)12-17)15-6-8-16(9-7-15)22(23,24)25;/h6-12,14,19H,13H2,1-5H3;1H. The van der Waals surface area contributed by atoms with Crippen molar-refractivity contribution in [3.05, 3.63) is 59.2 Å². The van der Waals surface area contributed by atoms with Gasteiger partial charge in [-0.15, -0.1) is 12.4 Å². The van der Waals surface area contributed by atoms with E-state index in [0.717, 1.165) is 23.3 Å². The van der Waals surface area contributed by atoms with Crippen molar-refractivity contribution in [1.29, 1.82) is 0 Å². The monoisotopic (exact) mass is 429 g/mol. The van der Waals surface area contributed by atoms with Gasteiger partial charge in [-0.05, 0) is 65.0 Å². The maximum absolute atomic E-state index is 12.9. The van der Waals surface area contributed by atoms with Crippen LogP contribution >= 0.6 is 12.4 Å². The first kappa shape index (κ1) is 23.4. The van der Waals surface area contributed by atoms with Crippen LogP contribution in [0.4, 0.5) is 13.2 Å². The average Bonchev–Trinajstić information content (AvgIpc) is 2.59. The highest BCUT2D eigenvalue weighted by Gasteiger charge is 2.36. The number of hydrogen-bond donors (Lipinski definition) is 0. The Hall–Kier alpha value is -1.92. The maximum atomic E-state index is 12.9. The topological polar surface area (TPSA) is 21.7 Å². The van der Waals surface area contributed by atoms with Gasteiger partial charge < -0.3 is 9.47 Å². The molecule has 1 aliphatic rings. The van der Waals surface area contributed by atoms with Crippen molar-refractivity contribution in [3.8, 4) is 11.5 Å². The van der Waals surface area contributed by atoms with E-state index in [2.05, 4.69) is 0 Å². The van der Waals surface area contributed by atoms with E-state index < -0.39 is 17.3 Å². The van der Waals surface area contributed by atoms with Gasteiger partial charge in [0.15, 0.2) is 0 Å². The lowest BCUT2D eigenvalue weighted by atomic mass is 9.80. The molecule has 2 unspecified atom stereocenters. The van der Waals surface area contributed by atoms with E-state index >= 15 is 0 Å². The molecular formula is C22H27ClF3NO2. The molecule has 0 fully saturated rings. The first-order valence-electron chi connectivity index (χ1n) is 9.29. The summed E-state index contributed by atoms with van der Waals surface area (Å²) in [7, 11) is 3.87. The predicted octanol–water partition coefficient (Wildman–Crippen LogP) is 6.11. The lowest BCUT2D eigenvalue weighted by Crippen LogP contribution is -2.35. The molecule has 0 saturated carbocycles. The summed E-state index contributed by atoms with van der Waals surface area (Å²) in [6.07, 6.45) is -3.75. The molecule has 2 aromatic carbocycles. The molecule has 7 heteroatoms. The number of ether oxygens (including phenoxy) is 2. The zero-order valence-corrected chi connectivity index (χ0v) is 18.0. The zero-order valence-electron chi connectivity index (χ0n) is 17.2. The van der Waals surface area contributed by atoms with Crippen molar-refractivity contribution in [1.82, 2.24) is 4.90 Å². The van der Waals surface area contributed by atoms with E-state index in [9.17, 15) is 13.2 Å². The van der Waals surface area contributed by atoms with Crippen molar-refractivity contribution in [2.24, 2.45) is 0 Å². The van der Waals surface area contributed by atoms with E-state index in [4.69, 9.17) is 9.47 Å². The summed E-state index contributed by atoms with van der Waals surface area (Å²) >= 11 is 0. The molecule has 3 nitrogen and oxygen atoms in total. The number of halogens is 4. The Balaban J connectivity index is 0.00000300. The van der Waals surface area contributed by atoms with Crippen LogP contribution in [0, 0.1) is 0 Å². The Kier molecular flexibility index (Phi) is 6.80. The minimum absolute atomic E-state index is 0. The molecule has 1 heterocycles. The van der Waals surface area contributed by atoms with E-state index in [1.165, 1.54) is 0 Å². The predicted molar refractivity (Wildman–Crippen MR) is 110 cm³/mol. The molecule has 2 atom stereocenters. The Bertz CT molecular complexity index is 835. The van der Waals surface area contributed by atoms with Crippen molar-refractivity contribution in [2.45, 2.75) is 51.1 Å². The molecule has 3 rings (SSSR count). The van der Waals surface area contributed by atoms with Gasteiger partial charge in [0.05, 0.1) is 5.56 Å². The maximum Gasteiger partial charge on any atom is 0.416 e. The quantitative estimate of drug-likeness (QED) is 0.547. The van der Waals surface area contributed by atoms with Gasteiger partial charge >= 0.3 is 6.18 Å². The lowest BCUT2D eigenvalue weighted by molar-refractivity contribution is -0.137. The van der Waals surface area contributed by atoms with Crippen LogP contribution in [0.25, 0.3) is 0 Å². The van der Waals surface area contributed by atoms with Crippen LogP contribution in [0.15, 0.2) is 42.5 Å². The largest absolute Gasteiger partial charge is 0.487 e. The molecule has 0 aliphatic carbocycles. The Morgan fingerprint density at radius 3 is 2.28 bits per heavy atom. The highest BCUT2D eigenvalue weighted by Crippen LogP contribution is 2.46. The van der Waals surface area contributed by atoms with Crippen LogP contribution in [0.2, 0.25) is 0 Å². The summed E-state index contributed by atoms with van der Waals surface area (Å²) < 4.78 is 50.8. The van der Waals surface area contributed by atoms with Gasteiger partial charge in [0.25, 0.3) is 0 Å². The molecule has 29 heavy (non-hydrogen) atoms. The number of nitrogens with zero attached hydrogens (tertiary/aromatic N) is 1. The van der Waals surface area contributed by atoms with Gasteiger partial charge in [-0.1, -0.05) is 18.2 Å². The van der Waals surface area contributed by atoms with Gasteiger partial charge in [0.2, 0.25) is 0 Å². The summed E-state index contributed by atoms with van der Waals surface area (Å²) in [5, 5.41) is 0. The molecule has 0 amide bonds. The Morgan fingerprint density at radius 1 is 1.10 bits per heavy atom. The third-order valence-electron chi connectivity index (χ3n) is 5.12. The minimum atomic E-state index is -4.33. The summed E-state index contributed by atoms with van der Waals surface area (Å²) in [6, 6.07) is 11.1. The molecular weight excluding hydrogens is 403 g/mol. The van der Waals surface area contributed by atoms with Crippen molar-refractivity contribution in [3.63, 3.8) is 0 Å². The fraction of sp³-hybridized carbons (Fsp3) is 0.455. The SMILES string of the molecule is CC(Oc1ccc2c(c1)OC(C)(C)CC2c1ccc(C(F)(F)F)cc1)N(C)C.Cl. The second-order valence-electron chi connectivity index (χ2n) is 8.12. The fourth-order valence-corrected chi connectivity index (χ4v) is 3.41. The fourth-order valence-electron chi connectivity index (χ4n) is 3.41.